The Morgan fingerprint density at radius 1 is 0.842 bits per heavy atom. The first kappa shape index (κ1) is 40.4. The summed E-state index contributed by atoms with van der Waals surface area (Å²) in [6.07, 6.45) is 1.01. The first-order chi connectivity index (χ1) is 27.5. The molecule has 0 radical (unpaired) electrons. The van der Waals surface area contributed by atoms with Crippen molar-refractivity contribution in [3.8, 4) is 11.1 Å². The van der Waals surface area contributed by atoms with Crippen LogP contribution in [0.1, 0.15) is 52.2 Å². The van der Waals surface area contributed by atoms with E-state index in [0.717, 1.165) is 44.5 Å². The third kappa shape index (κ3) is 10.2. The zero-order valence-electron chi connectivity index (χ0n) is 31.1. The molecule has 1 amide bonds. The highest BCUT2D eigenvalue weighted by Gasteiger charge is 2.33. The SMILES string of the molecule is Cc1ccc(S(=O)(=O)N[C@H](Cc2ccccc2)C(=O)NCc2cccc(-c3cccc([C@H]4O[C@@H](Cn5cnc(Cl)c5Cl)C[C@@H](c5ccc(CO)cc5)O4)c3)c2)cc1. The number of amides is 1. The van der Waals surface area contributed by atoms with Gasteiger partial charge in [0.15, 0.2) is 11.4 Å². The van der Waals surface area contributed by atoms with Crippen LogP contribution in [0.3, 0.4) is 0 Å². The Labute approximate surface area is 342 Å². The highest BCUT2D eigenvalue weighted by atomic mass is 35.5. The largest absolute Gasteiger partial charge is 0.392 e. The van der Waals surface area contributed by atoms with Gasteiger partial charge >= 0.3 is 0 Å². The maximum absolute atomic E-state index is 13.7. The molecule has 4 atom stereocenters. The molecule has 1 aromatic heterocycles. The van der Waals surface area contributed by atoms with E-state index in [-0.39, 0.29) is 41.8 Å². The van der Waals surface area contributed by atoms with Crippen molar-refractivity contribution in [1.82, 2.24) is 19.6 Å². The molecule has 0 spiro atoms. The number of nitrogens with zero attached hydrogens (tertiary/aromatic N) is 2. The summed E-state index contributed by atoms with van der Waals surface area (Å²) in [5.74, 6) is -0.442. The van der Waals surface area contributed by atoms with Crippen molar-refractivity contribution in [1.29, 1.82) is 0 Å². The number of imidazole rings is 1. The summed E-state index contributed by atoms with van der Waals surface area (Å²) in [7, 11) is -3.98. The predicted molar refractivity (Wildman–Crippen MR) is 220 cm³/mol. The van der Waals surface area contributed by atoms with E-state index in [1.165, 1.54) is 12.1 Å². The minimum Gasteiger partial charge on any atom is -0.392 e. The van der Waals surface area contributed by atoms with Crippen LogP contribution in [-0.4, -0.2) is 41.1 Å². The molecule has 0 bridgehead atoms. The average molecular weight is 826 g/mol. The number of hydrogen-bond acceptors (Lipinski definition) is 7. The van der Waals surface area contributed by atoms with Crippen LogP contribution < -0.4 is 10.0 Å². The number of hydrogen-bond donors (Lipinski definition) is 3. The summed E-state index contributed by atoms with van der Waals surface area (Å²) in [5.41, 5.74) is 6.99. The van der Waals surface area contributed by atoms with Gasteiger partial charge in [0.25, 0.3) is 0 Å². The van der Waals surface area contributed by atoms with Gasteiger partial charge in [-0.2, -0.15) is 4.72 Å². The second kappa shape index (κ2) is 18.2. The van der Waals surface area contributed by atoms with Crippen molar-refractivity contribution in [2.75, 3.05) is 0 Å². The molecule has 10 nitrogen and oxygen atoms in total. The highest BCUT2D eigenvalue weighted by molar-refractivity contribution is 7.89. The van der Waals surface area contributed by atoms with Gasteiger partial charge in [0.2, 0.25) is 15.9 Å². The van der Waals surface area contributed by atoms with E-state index in [4.69, 9.17) is 32.7 Å². The summed E-state index contributed by atoms with van der Waals surface area (Å²) < 4.78 is 44.2. The molecule has 13 heteroatoms. The van der Waals surface area contributed by atoms with Crippen molar-refractivity contribution in [3.63, 3.8) is 0 Å². The van der Waals surface area contributed by atoms with Crippen LogP contribution in [0.25, 0.3) is 11.1 Å². The van der Waals surface area contributed by atoms with E-state index in [9.17, 15) is 18.3 Å². The number of nitrogens with one attached hydrogen (secondary N) is 2. The van der Waals surface area contributed by atoms with Crippen LogP contribution >= 0.6 is 23.2 Å². The molecule has 6 aromatic rings. The zero-order chi connectivity index (χ0) is 39.9. The van der Waals surface area contributed by atoms with Crippen LogP contribution in [0, 0.1) is 6.92 Å². The number of aliphatic hydroxyl groups is 1. The van der Waals surface area contributed by atoms with Gasteiger partial charge in [-0.05, 0) is 71.0 Å². The van der Waals surface area contributed by atoms with Gasteiger partial charge < -0.3 is 24.5 Å². The fourth-order valence-electron chi connectivity index (χ4n) is 6.77. The smallest absolute Gasteiger partial charge is 0.241 e. The average Bonchev–Trinajstić information content (AvgIpc) is 3.55. The summed E-state index contributed by atoms with van der Waals surface area (Å²) in [4.78, 5) is 17.9. The standard InChI is InChI=1S/C44H42Cl2N4O6S/c1-29-13-19-38(20-14-29)57(53,54)49-39(22-30-7-3-2-4-8-30)43(52)47-25-32-9-5-10-34(21-32)35-11-6-12-36(23-35)44-55-37(26-50-28-48-41(45)42(50)46)24-40(56-44)33-17-15-31(27-51)16-18-33/h2-21,23,28,37,39-40,44,49,51H,22,24-27H2,1H3,(H,47,52)/t37-,39-,40+,44+/m1/s1. The summed E-state index contributed by atoms with van der Waals surface area (Å²) in [6, 6.07) is 38.2. The lowest BCUT2D eigenvalue weighted by Crippen LogP contribution is -2.47. The molecule has 7 rings (SSSR count). The van der Waals surface area contributed by atoms with Crippen molar-refractivity contribution < 1.29 is 27.8 Å². The Balaban J connectivity index is 1.08. The lowest BCUT2D eigenvalue weighted by atomic mass is 9.98. The summed E-state index contributed by atoms with van der Waals surface area (Å²) in [5, 5.41) is 13.1. The van der Waals surface area contributed by atoms with Gasteiger partial charge in [-0.15, -0.1) is 0 Å². The van der Waals surface area contributed by atoms with E-state index < -0.39 is 28.3 Å². The van der Waals surface area contributed by atoms with Crippen LogP contribution in [0.2, 0.25) is 10.3 Å². The van der Waals surface area contributed by atoms with E-state index in [0.29, 0.717) is 18.1 Å². The van der Waals surface area contributed by atoms with E-state index in [1.54, 1.807) is 23.0 Å². The molecule has 0 unspecified atom stereocenters. The third-order valence-corrected chi connectivity index (χ3v) is 12.1. The minimum absolute atomic E-state index is 0.0503. The Bertz CT molecular complexity index is 2410. The van der Waals surface area contributed by atoms with E-state index in [1.807, 2.05) is 110 Å². The molecule has 57 heavy (non-hydrogen) atoms. The number of rotatable bonds is 14. The van der Waals surface area contributed by atoms with Crippen LogP contribution in [0.5, 0.6) is 0 Å². The predicted octanol–water partition coefficient (Wildman–Crippen LogP) is 8.11. The van der Waals surface area contributed by atoms with Crippen LogP contribution in [0.15, 0.2) is 139 Å². The molecule has 2 heterocycles. The van der Waals surface area contributed by atoms with Gasteiger partial charge in [0.05, 0.1) is 36.6 Å². The van der Waals surface area contributed by atoms with Crippen molar-refractivity contribution in [2.24, 2.45) is 0 Å². The van der Waals surface area contributed by atoms with Gasteiger partial charge in [-0.3, -0.25) is 4.79 Å². The monoisotopic (exact) mass is 824 g/mol. The maximum Gasteiger partial charge on any atom is 0.241 e. The van der Waals surface area contributed by atoms with Gasteiger partial charge in [0.1, 0.15) is 11.2 Å². The van der Waals surface area contributed by atoms with Crippen molar-refractivity contribution >= 4 is 39.1 Å². The Hall–Kier alpha value is -4.85. The fourth-order valence-corrected chi connectivity index (χ4v) is 8.28. The molecular formula is C44H42Cl2N4O6S. The fraction of sp³-hybridized carbons (Fsp3) is 0.227. The summed E-state index contributed by atoms with van der Waals surface area (Å²) >= 11 is 12.6. The normalized spacial score (nSPS) is 17.6. The molecule has 1 fully saturated rings. The Morgan fingerprint density at radius 2 is 1.54 bits per heavy atom. The zero-order valence-corrected chi connectivity index (χ0v) is 33.4. The lowest BCUT2D eigenvalue weighted by Gasteiger charge is -2.36. The van der Waals surface area contributed by atoms with E-state index >= 15 is 0 Å². The number of halogens is 2. The number of carbonyl (C=O) groups excluding carboxylic acids is 1. The highest BCUT2D eigenvalue weighted by Crippen LogP contribution is 2.40. The third-order valence-electron chi connectivity index (χ3n) is 9.86. The minimum atomic E-state index is -3.98. The molecule has 294 valence electrons. The molecule has 0 saturated carbocycles. The van der Waals surface area contributed by atoms with Crippen molar-refractivity contribution in [2.45, 2.75) is 68.9 Å². The molecule has 0 aliphatic carbocycles. The first-order valence-electron chi connectivity index (χ1n) is 18.5. The Morgan fingerprint density at radius 3 is 2.25 bits per heavy atom. The second-order valence-electron chi connectivity index (χ2n) is 14.0. The molecule has 1 saturated heterocycles. The van der Waals surface area contributed by atoms with Gasteiger partial charge in [-0.1, -0.05) is 132 Å². The number of sulfonamides is 1. The molecule has 3 N–H and O–H groups in total. The molecular weight excluding hydrogens is 783 g/mol. The number of carbonyl (C=O) groups is 1. The van der Waals surface area contributed by atoms with Crippen molar-refractivity contribution in [3.05, 3.63) is 177 Å². The van der Waals surface area contributed by atoms with E-state index in [2.05, 4.69) is 15.0 Å². The van der Waals surface area contributed by atoms with Crippen LogP contribution in [-0.2, 0) is 50.4 Å². The first-order valence-corrected chi connectivity index (χ1v) is 20.7. The number of benzene rings is 5. The maximum atomic E-state index is 13.7. The number of ether oxygens (including phenoxy) is 2. The van der Waals surface area contributed by atoms with Gasteiger partial charge in [-0.25, -0.2) is 13.4 Å². The van der Waals surface area contributed by atoms with Crippen LogP contribution in [0.4, 0.5) is 0 Å². The topological polar surface area (TPSA) is 132 Å². The summed E-state index contributed by atoms with van der Waals surface area (Å²) in [6.45, 7) is 2.42. The Kier molecular flexibility index (Phi) is 12.9. The molecule has 1 aliphatic heterocycles. The van der Waals surface area contributed by atoms with Gasteiger partial charge in [0, 0.05) is 18.5 Å². The molecule has 5 aromatic carbocycles. The number of aryl methyl sites for hydroxylation is 1. The second-order valence-corrected chi connectivity index (χ2v) is 16.5. The number of aliphatic hydroxyl groups excluding tert-OH is 1. The quantitative estimate of drug-likeness (QED) is 0.101. The molecule has 1 aliphatic rings. The number of aromatic nitrogens is 2. The lowest BCUT2D eigenvalue weighted by molar-refractivity contribution is -0.252.